The fourth-order valence-electron chi connectivity index (χ4n) is 2.19. The van der Waals surface area contributed by atoms with Gasteiger partial charge in [-0.2, -0.15) is 0 Å². The highest BCUT2D eigenvalue weighted by Gasteiger charge is 1.99. The van der Waals surface area contributed by atoms with Crippen molar-refractivity contribution in [3.05, 3.63) is 60.2 Å². The predicted molar refractivity (Wildman–Crippen MR) is 98.0 cm³/mol. The van der Waals surface area contributed by atoms with Crippen LogP contribution in [-0.2, 0) is 6.42 Å². The second-order valence-corrected chi connectivity index (χ2v) is 5.19. The van der Waals surface area contributed by atoms with Crippen molar-refractivity contribution in [2.75, 3.05) is 33.9 Å². The molecule has 0 aromatic heterocycles. The molecule has 2 N–H and O–H groups in total. The number of rotatable bonds is 8. The summed E-state index contributed by atoms with van der Waals surface area (Å²) in [5.41, 5.74) is 1.26. The first-order valence-electron chi connectivity index (χ1n) is 8.07. The van der Waals surface area contributed by atoms with Gasteiger partial charge in [-0.15, -0.1) is 0 Å². The Balaban J connectivity index is 1.63. The molecule has 0 unspecified atom stereocenters. The van der Waals surface area contributed by atoms with Gasteiger partial charge >= 0.3 is 0 Å². The van der Waals surface area contributed by atoms with Crippen molar-refractivity contribution in [1.82, 2.24) is 10.6 Å². The average molecular weight is 327 g/mol. The number of ether oxygens (including phenoxy) is 2. The van der Waals surface area contributed by atoms with E-state index in [9.17, 15) is 0 Å². The van der Waals surface area contributed by atoms with E-state index in [0.717, 1.165) is 30.4 Å². The molecule has 0 aliphatic carbocycles. The molecule has 0 saturated heterocycles. The zero-order valence-corrected chi connectivity index (χ0v) is 14.3. The van der Waals surface area contributed by atoms with Crippen molar-refractivity contribution in [2.45, 2.75) is 6.42 Å². The highest BCUT2D eigenvalue weighted by Crippen LogP contribution is 2.11. The Labute approximate surface area is 143 Å². The van der Waals surface area contributed by atoms with Crippen LogP contribution in [0.4, 0.5) is 0 Å². The molecule has 0 saturated carbocycles. The molecule has 2 aromatic rings. The Kier molecular flexibility index (Phi) is 7.47. The molecular weight excluding hydrogens is 302 g/mol. The third-order valence-electron chi connectivity index (χ3n) is 3.50. The minimum atomic E-state index is 0.587. The molecule has 0 aliphatic heterocycles. The van der Waals surface area contributed by atoms with Gasteiger partial charge < -0.3 is 20.1 Å². The normalized spacial score (nSPS) is 11.0. The van der Waals surface area contributed by atoms with E-state index in [-0.39, 0.29) is 0 Å². The maximum absolute atomic E-state index is 5.64. The van der Waals surface area contributed by atoms with Gasteiger partial charge in [0.1, 0.15) is 18.1 Å². The topological polar surface area (TPSA) is 54.9 Å². The van der Waals surface area contributed by atoms with Crippen LogP contribution in [0.2, 0.25) is 0 Å². The first-order chi connectivity index (χ1) is 11.8. The predicted octanol–water partition coefficient (Wildman–Crippen LogP) is 2.48. The van der Waals surface area contributed by atoms with Crippen molar-refractivity contribution in [2.24, 2.45) is 4.99 Å². The van der Waals surface area contributed by atoms with Crippen molar-refractivity contribution >= 4 is 5.96 Å². The number of benzene rings is 2. The van der Waals surface area contributed by atoms with E-state index in [1.807, 2.05) is 42.5 Å². The van der Waals surface area contributed by atoms with E-state index in [1.165, 1.54) is 5.56 Å². The summed E-state index contributed by atoms with van der Waals surface area (Å²) in [5, 5.41) is 6.54. The van der Waals surface area contributed by atoms with Gasteiger partial charge in [0.25, 0.3) is 0 Å². The van der Waals surface area contributed by atoms with Crippen molar-refractivity contribution in [1.29, 1.82) is 0 Å². The lowest BCUT2D eigenvalue weighted by Crippen LogP contribution is -2.40. The third kappa shape index (κ3) is 6.20. The molecule has 0 aliphatic rings. The molecule has 5 heteroatoms. The van der Waals surface area contributed by atoms with Gasteiger partial charge in [0.15, 0.2) is 5.96 Å². The highest BCUT2D eigenvalue weighted by molar-refractivity contribution is 5.79. The van der Waals surface area contributed by atoms with Crippen LogP contribution in [-0.4, -0.2) is 39.8 Å². The smallest absolute Gasteiger partial charge is 0.191 e. The lowest BCUT2D eigenvalue weighted by Gasteiger charge is -2.12. The molecule has 0 atom stereocenters. The Morgan fingerprint density at radius 3 is 2.29 bits per heavy atom. The number of guanidine groups is 1. The van der Waals surface area contributed by atoms with Crippen LogP contribution >= 0.6 is 0 Å². The molecule has 128 valence electrons. The zero-order chi connectivity index (χ0) is 17.0. The Bertz CT molecular complexity index is 612. The van der Waals surface area contributed by atoms with E-state index in [0.29, 0.717) is 13.2 Å². The monoisotopic (exact) mass is 327 g/mol. The molecule has 2 aromatic carbocycles. The largest absolute Gasteiger partial charge is 0.497 e. The summed E-state index contributed by atoms with van der Waals surface area (Å²) in [7, 11) is 3.44. The Hall–Kier alpha value is -2.69. The lowest BCUT2D eigenvalue weighted by molar-refractivity contribution is 0.322. The van der Waals surface area contributed by atoms with Gasteiger partial charge in [-0.25, -0.2) is 0 Å². The average Bonchev–Trinajstić information content (AvgIpc) is 2.65. The van der Waals surface area contributed by atoms with Crippen molar-refractivity contribution < 1.29 is 9.47 Å². The Morgan fingerprint density at radius 1 is 0.917 bits per heavy atom. The van der Waals surface area contributed by atoms with E-state index in [1.54, 1.807) is 14.2 Å². The number of nitrogens with one attached hydrogen (secondary N) is 2. The molecule has 0 radical (unpaired) electrons. The van der Waals surface area contributed by atoms with Gasteiger partial charge in [-0.05, 0) is 36.2 Å². The van der Waals surface area contributed by atoms with E-state index < -0.39 is 0 Å². The van der Waals surface area contributed by atoms with Crippen molar-refractivity contribution in [3.63, 3.8) is 0 Å². The van der Waals surface area contributed by atoms with Crippen LogP contribution < -0.4 is 20.1 Å². The lowest BCUT2D eigenvalue weighted by atomic mass is 10.1. The molecule has 2 rings (SSSR count). The van der Waals surface area contributed by atoms with Crippen LogP contribution in [0.15, 0.2) is 59.6 Å². The molecule has 0 amide bonds. The number of aliphatic imine (C=N–C) groups is 1. The summed E-state index contributed by atoms with van der Waals surface area (Å²) in [4.78, 5) is 4.21. The number of nitrogens with zero attached hydrogens (tertiary/aromatic N) is 1. The van der Waals surface area contributed by atoms with E-state index in [4.69, 9.17) is 9.47 Å². The number of hydrogen-bond donors (Lipinski definition) is 2. The highest BCUT2D eigenvalue weighted by atomic mass is 16.5. The molecule has 0 spiro atoms. The van der Waals surface area contributed by atoms with Gasteiger partial charge in [0, 0.05) is 13.6 Å². The van der Waals surface area contributed by atoms with E-state index in [2.05, 4.69) is 27.8 Å². The number of hydrogen-bond acceptors (Lipinski definition) is 3. The summed E-state index contributed by atoms with van der Waals surface area (Å²) < 4.78 is 10.8. The maximum Gasteiger partial charge on any atom is 0.191 e. The van der Waals surface area contributed by atoms with Crippen LogP contribution in [0.25, 0.3) is 0 Å². The summed E-state index contributed by atoms with van der Waals surface area (Å²) in [6.45, 7) is 2.09. The minimum Gasteiger partial charge on any atom is -0.497 e. The summed E-state index contributed by atoms with van der Waals surface area (Å²) >= 11 is 0. The fraction of sp³-hybridized carbons (Fsp3) is 0.316. The summed E-state index contributed by atoms with van der Waals surface area (Å²) in [6.07, 6.45) is 0.922. The maximum atomic E-state index is 5.64. The minimum absolute atomic E-state index is 0.587. The number of methoxy groups -OCH3 is 1. The van der Waals surface area contributed by atoms with Crippen LogP contribution in [0.3, 0.4) is 0 Å². The van der Waals surface area contributed by atoms with Gasteiger partial charge in [0.05, 0.1) is 13.7 Å². The van der Waals surface area contributed by atoms with Gasteiger partial charge in [0.2, 0.25) is 0 Å². The second-order valence-electron chi connectivity index (χ2n) is 5.19. The fourth-order valence-corrected chi connectivity index (χ4v) is 2.19. The third-order valence-corrected chi connectivity index (χ3v) is 3.50. The quantitative estimate of drug-likeness (QED) is 0.444. The van der Waals surface area contributed by atoms with Crippen LogP contribution in [0.5, 0.6) is 11.5 Å². The van der Waals surface area contributed by atoms with Gasteiger partial charge in [-0.3, -0.25) is 4.99 Å². The van der Waals surface area contributed by atoms with Gasteiger partial charge in [-0.1, -0.05) is 30.3 Å². The molecule has 0 heterocycles. The van der Waals surface area contributed by atoms with Crippen molar-refractivity contribution in [3.8, 4) is 11.5 Å². The molecule has 0 bridgehead atoms. The summed E-state index contributed by atoms with van der Waals surface area (Å²) in [6, 6.07) is 17.9. The van der Waals surface area contributed by atoms with E-state index >= 15 is 0 Å². The first-order valence-corrected chi connectivity index (χ1v) is 8.07. The second kappa shape index (κ2) is 10.2. The standard InChI is InChI=1S/C19H25N3O2/c1-20-19(22-14-15-24-18-6-4-3-5-7-18)21-13-12-16-8-10-17(23-2)11-9-16/h3-11H,12-15H2,1-2H3,(H2,20,21,22). The molecular formula is C19H25N3O2. The zero-order valence-electron chi connectivity index (χ0n) is 14.3. The SMILES string of the molecule is CN=C(NCCOc1ccccc1)NCCc1ccc(OC)cc1. The molecule has 0 fully saturated rings. The Morgan fingerprint density at radius 2 is 1.62 bits per heavy atom. The molecule has 24 heavy (non-hydrogen) atoms. The molecule has 5 nitrogen and oxygen atoms in total. The van der Waals surface area contributed by atoms with Crippen LogP contribution in [0, 0.1) is 0 Å². The van der Waals surface area contributed by atoms with Crippen LogP contribution in [0.1, 0.15) is 5.56 Å². The summed E-state index contributed by atoms with van der Waals surface area (Å²) in [5.74, 6) is 2.53. The number of para-hydroxylation sites is 1. The first kappa shape index (κ1) is 17.7.